The van der Waals surface area contributed by atoms with Crippen LogP contribution in [0.15, 0.2) is 95.8 Å². The van der Waals surface area contributed by atoms with Crippen LogP contribution < -0.4 is 15.0 Å². The van der Waals surface area contributed by atoms with Crippen LogP contribution >= 0.6 is 0 Å². The number of aromatic nitrogens is 2. The molecule has 1 aliphatic heterocycles. The Bertz CT molecular complexity index is 1390. The van der Waals surface area contributed by atoms with Crippen molar-refractivity contribution in [3.8, 4) is 22.8 Å². The van der Waals surface area contributed by atoms with Gasteiger partial charge < -0.3 is 14.4 Å². The van der Waals surface area contributed by atoms with E-state index in [1.54, 1.807) is 24.8 Å². The van der Waals surface area contributed by atoms with Crippen molar-refractivity contribution in [1.29, 1.82) is 0 Å². The zero-order valence-corrected chi connectivity index (χ0v) is 20.3. The van der Waals surface area contributed by atoms with Gasteiger partial charge in [-0.2, -0.15) is 5.10 Å². The van der Waals surface area contributed by atoms with E-state index in [0.717, 1.165) is 16.7 Å². The first-order valence-corrected chi connectivity index (χ1v) is 11.8. The Morgan fingerprint density at radius 3 is 2.11 bits per heavy atom. The molecule has 0 radical (unpaired) electrons. The number of ether oxygens (including phenoxy) is 2. The Kier molecular flexibility index (Phi) is 6.29. The third kappa shape index (κ3) is 4.73. The molecule has 3 aromatic carbocycles. The van der Waals surface area contributed by atoms with Crippen LogP contribution in [0, 0.1) is 0 Å². The second kappa shape index (κ2) is 9.70. The highest BCUT2D eigenvalue weighted by Gasteiger charge is 2.36. The van der Waals surface area contributed by atoms with Crippen LogP contribution in [0.4, 0.5) is 0 Å². The standard InChI is InChI=1S/C29H27N3O4/c1-29(2,28(34)31(18-21-9-5-3-6-10-21)19-22-11-7-4-8-12-22)32-27(33)16-14-24(30-32)23-13-15-25-26(17-23)36-20-35-25/h3-17H,18-20H2,1-2H3. The summed E-state index contributed by atoms with van der Waals surface area (Å²) < 4.78 is 12.2. The molecule has 182 valence electrons. The number of carbonyl (C=O) groups excluding carboxylic acids is 1. The first-order valence-electron chi connectivity index (χ1n) is 11.8. The van der Waals surface area contributed by atoms with E-state index in [0.29, 0.717) is 30.3 Å². The highest BCUT2D eigenvalue weighted by Crippen LogP contribution is 2.35. The van der Waals surface area contributed by atoms with E-state index in [2.05, 4.69) is 5.10 Å². The molecule has 0 saturated carbocycles. The second-order valence-corrected chi connectivity index (χ2v) is 9.23. The number of amides is 1. The largest absolute Gasteiger partial charge is 0.454 e. The fourth-order valence-electron chi connectivity index (χ4n) is 4.31. The maximum Gasteiger partial charge on any atom is 0.267 e. The maximum atomic E-state index is 14.0. The van der Waals surface area contributed by atoms with E-state index in [-0.39, 0.29) is 18.3 Å². The minimum absolute atomic E-state index is 0.173. The third-order valence-electron chi connectivity index (χ3n) is 6.24. The van der Waals surface area contributed by atoms with Crippen molar-refractivity contribution >= 4 is 5.91 Å². The normalized spacial score (nSPS) is 12.4. The summed E-state index contributed by atoms with van der Waals surface area (Å²) in [5.41, 5.74) is 1.76. The molecule has 0 bridgehead atoms. The quantitative estimate of drug-likeness (QED) is 0.386. The molecule has 0 atom stereocenters. The average molecular weight is 482 g/mol. The Morgan fingerprint density at radius 1 is 0.861 bits per heavy atom. The van der Waals surface area contributed by atoms with Gasteiger partial charge in [0, 0.05) is 24.7 Å². The number of carbonyl (C=O) groups is 1. The lowest BCUT2D eigenvalue weighted by Crippen LogP contribution is -2.50. The first-order chi connectivity index (χ1) is 17.4. The summed E-state index contributed by atoms with van der Waals surface area (Å²) in [7, 11) is 0. The molecule has 36 heavy (non-hydrogen) atoms. The molecule has 5 rings (SSSR count). The van der Waals surface area contributed by atoms with Crippen molar-refractivity contribution in [2.45, 2.75) is 32.5 Å². The monoisotopic (exact) mass is 481 g/mol. The lowest BCUT2D eigenvalue weighted by atomic mass is 10.0. The van der Waals surface area contributed by atoms with Crippen LogP contribution in [0.3, 0.4) is 0 Å². The van der Waals surface area contributed by atoms with Gasteiger partial charge in [-0.25, -0.2) is 4.68 Å². The van der Waals surface area contributed by atoms with E-state index < -0.39 is 5.54 Å². The van der Waals surface area contributed by atoms with E-state index in [1.165, 1.54) is 10.7 Å². The summed E-state index contributed by atoms with van der Waals surface area (Å²) in [6.07, 6.45) is 0. The number of nitrogens with zero attached hydrogens (tertiary/aromatic N) is 3. The lowest BCUT2D eigenvalue weighted by molar-refractivity contribution is -0.141. The molecule has 1 aliphatic rings. The van der Waals surface area contributed by atoms with E-state index in [1.807, 2.05) is 78.9 Å². The van der Waals surface area contributed by atoms with Crippen molar-refractivity contribution in [1.82, 2.24) is 14.7 Å². The van der Waals surface area contributed by atoms with Crippen LogP contribution in [0.1, 0.15) is 25.0 Å². The van der Waals surface area contributed by atoms with Gasteiger partial charge in [0.25, 0.3) is 11.5 Å². The van der Waals surface area contributed by atoms with Gasteiger partial charge in [0.15, 0.2) is 11.5 Å². The fourth-order valence-corrected chi connectivity index (χ4v) is 4.31. The number of hydrogen-bond donors (Lipinski definition) is 0. The van der Waals surface area contributed by atoms with Gasteiger partial charge in [-0.3, -0.25) is 9.59 Å². The fraction of sp³-hybridized carbons (Fsp3) is 0.207. The summed E-state index contributed by atoms with van der Waals surface area (Å²) in [4.78, 5) is 28.8. The second-order valence-electron chi connectivity index (χ2n) is 9.23. The van der Waals surface area contributed by atoms with Crippen LogP contribution in [0.25, 0.3) is 11.3 Å². The van der Waals surface area contributed by atoms with Gasteiger partial charge in [0.2, 0.25) is 6.79 Å². The Balaban J connectivity index is 1.49. The summed E-state index contributed by atoms with van der Waals surface area (Å²) in [6, 6.07) is 28.2. The van der Waals surface area contributed by atoms with Gasteiger partial charge in [-0.1, -0.05) is 60.7 Å². The lowest BCUT2D eigenvalue weighted by Gasteiger charge is -2.33. The molecule has 7 heteroatoms. The van der Waals surface area contributed by atoms with Crippen LogP contribution in [0.5, 0.6) is 11.5 Å². The van der Waals surface area contributed by atoms with Crippen molar-refractivity contribution < 1.29 is 14.3 Å². The van der Waals surface area contributed by atoms with Crippen LogP contribution in [-0.4, -0.2) is 27.4 Å². The Hall–Kier alpha value is -4.39. The minimum atomic E-state index is -1.23. The molecule has 1 amide bonds. The number of fused-ring (bicyclic) bond motifs is 1. The molecule has 1 aromatic heterocycles. The van der Waals surface area contributed by atoms with E-state index in [9.17, 15) is 9.59 Å². The van der Waals surface area contributed by atoms with Crippen LogP contribution in [0.2, 0.25) is 0 Å². The van der Waals surface area contributed by atoms with E-state index >= 15 is 0 Å². The van der Waals surface area contributed by atoms with Gasteiger partial charge >= 0.3 is 0 Å². The van der Waals surface area contributed by atoms with E-state index in [4.69, 9.17) is 9.47 Å². The van der Waals surface area contributed by atoms with Gasteiger partial charge in [0.05, 0.1) is 5.69 Å². The zero-order chi connectivity index (χ0) is 25.1. The summed E-state index contributed by atoms with van der Waals surface area (Å²) in [5.74, 6) is 1.09. The molecule has 0 aliphatic carbocycles. The molecule has 7 nitrogen and oxygen atoms in total. The molecule has 4 aromatic rings. The smallest absolute Gasteiger partial charge is 0.267 e. The van der Waals surface area contributed by atoms with Gasteiger partial charge in [-0.15, -0.1) is 0 Å². The zero-order valence-electron chi connectivity index (χ0n) is 20.3. The van der Waals surface area contributed by atoms with Crippen molar-refractivity contribution in [2.75, 3.05) is 6.79 Å². The SMILES string of the molecule is CC(C)(C(=O)N(Cc1ccccc1)Cc1ccccc1)n1nc(-c2ccc3c(c2)OCO3)ccc1=O. The van der Waals surface area contributed by atoms with Gasteiger partial charge in [0.1, 0.15) is 5.54 Å². The number of hydrogen-bond acceptors (Lipinski definition) is 5. The van der Waals surface area contributed by atoms with Crippen LogP contribution in [-0.2, 0) is 23.4 Å². The highest BCUT2D eigenvalue weighted by atomic mass is 16.7. The summed E-state index contributed by atoms with van der Waals surface area (Å²) >= 11 is 0. The Morgan fingerprint density at radius 2 is 1.47 bits per heavy atom. The van der Waals surface area contributed by atoms with Crippen molar-refractivity contribution in [3.63, 3.8) is 0 Å². The number of benzene rings is 3. The topological polar surface area (TPSA) is 73.7 Å². The molecule has 2 heterocycles. The molecule has 0 fully saturated rings. The highest BCUT2D eigenvalue weighted by molar-refractivity contribution is 5.83. The summed E-state index contributed by atoms with van der Waals surface area (Å²) in [6.45, 7) is 4.46. The predicted molar refractivity (Wildman–Crippen MR) is 137 cm³/mol. The van der Waals surface area contributed by atoms with Gasteiger partial charge in [-0.05, 0) is 49.2 Å². The molecule has 0 N–H and O–H groups in total. The third-order valence-corrected chi connectivity index (χ3v) is 6.24. The molecular formula is C29H27N3O4. The first kappa shape index (κ1) is 23.4. The molecule has 0 saturated heterocycles. The summed E-state index contributed by atoms with van der Waals surface area (Å²) in [5, 5.41) is 4.62. The van der Waals surface area contributed by atoms with Crippen molar-refractivity contribution in [2.24, 2.45) is 0 Å². The molecular weight excluding hydrogens is 454 g/mol. The molecule has 0 spiro atoms. The van der Waals surface area contributed by atoms with Crippen molar-refractivity contribution in [3.05, 3.63) is 112 Å². The average Bonchev–Trinajstić information content (AvgIpc) is 3.37. The predicted octanol–water partition coefficient (Wildman–Crippen LogP) is 4.60. The number of rotatable bonds is 7. The minimum Gasteiger partial charge on any atom is -0.454 e. The Labute approximate surface area is 209 Å². The maximum absolute atomic E-state index is 14.0. The molecule has 0 unspecified atom stereocenters.